The van der Waals surface area contributed by atoms with Crippen LogP contribution in [0.4, 0.5) is 8.63 Å². The third-order valence-electron chi connectivity index (χ3n) is 4.56. The lowest BCUT2D eigenvalue weighted by Gasteiger charge is -2.32. The van der Waals surface area contributed by atoms with E-state index in [4.69, 9.17) is 21.4 Å². The third kappa shape index (κ3) is 2.42. The van der Waals surface area contributed by atoms with Crippen LogP contribution in [-0.2, 0) is 4.74 Å². The molecule has 4 nitrogen and oxygen atoms in total. The summed E-state index contributed by atoms with van der Waals surface area (Å²) in [5.41, 5.74) is 3.27. The fourth-order valence-electron chi connectivity index (χ4n) is 3.43. The third-order valence-corrected chi connectivity index (χ3v) is 4.87. The second-order valence-corrected chi connectivity index (χ2v) is 6.63. The van der Waals surface area contributed by atoms with E-state index < -0.39 is 6.97 Å². The monoisotopic (exact) mass is 376 g/mol. The summed E-state index contributed by atoms with van der Waals surface area (Å²) in [4.78, 5) is 0. The van der Waals surface area contributed by atoms with Crippen LogP contribution >= 0.6 is 11.6 Å². The zero-order valence-corrected chi connectivity index (χ0v) is 14.8. The van der Waals surface area contributed by atoms with Gasteiger partial charge in [-0.1, -0.05) is 41.4 Å². The average Bonchev–Trinajstić information content (AvgIpc) is 3.20. The molecule has 0 saturated carbocycles. The smallest absolute Gasteiger partial charge is 0.445 e. The SMILES string of the molecule is Cc1ccc(C2=C3C=CC(OCCO)=[N+]3[B-](F)(F)n3c(Cl)ccc32)cc1. The second kappa shape index (κ2) is 6.11. The standard InChI is InChI=1S/C18H16BClF2N2O2/c1-12-2-4-13(5-3-12)18-14-6-8-16(20)23(14)19(21,22)24-15(18)7-9-17(24)26-11-10-25/h2-9,25H,10-11H2,1H3. The zero-order chi connectivity index (χ0) is 18.5. The quantitative estimate of drug-likeness (QED) is 0.833. The van der Waals surface area contributed by atoms with Gasteiger partial charge in [-0.05, 0) is 24.6 Å². The minimum Gasteiger partial charge on any atom is -0.445 e. The van der Waals surface area contributed by atoms with Gasteiger partial charge in [0, 0.05) is 11.8 Å². The highest BCUT2D eigenvalue weighted by Crippen LogP contribution is 2.41. The summed E-state index contributed by atoms with van der Waals surface area (Å²) in [6.45, 7) is -2.58. The summed E-state index contributed by atoms with van der Waals surface area (Å²) >= 11 is 6.10. The van der Waals surface area contributed by atoms with Gasteiger partial charge in [-0.2, -0.15) is 0 Å². The number of aliphatic hydroxyl groups is 1. The van der Waals surface area contributed by atoms with Crippen LogP contribution in [0.1, 0.15) is 16.8 Å². The molecule has 26 heavy (non-hydrogen) atoms. The van der Waals surface area contributed by atoms with E-state index in [1.165, 1.54) is 12.1 Å². The van der Waals surface area contributed by atoms with Crippen molar-refractivity contribution in [1.82, 2.24) is 4.48 Å². The Balaban J connectivity index is 2.01. The van der Waals surface area contributed by atoms with Crippen molar-refractivity contribution in [2.45, 2.75) is 6.92 Å². The molecular weight excluding hydrogens is 360 g/mol. The summed E-state index contributed by atoms with van der Waals surface area (Å²) in [6, 6.07) is 10.8. The summed E-state index contributed by atoms with van der Waals surface area (Å²) < 4.78 is 37.7. The molecule has 0 saturated heterocycles. The van der Waals surface area contributed by atoms with E-state index in [2.05, 4.69) is 0 Å². The Hall–Kier alpha value is -2.38. The number of fused-ring (bicyclic) bond motifs is 2. The molecular formula is C18H16BClF2N2O2. The van der Waals surface area contributed by atoms with Crippen LogP contribution in [0.2, 0.25) is 5.15 Å². The predicted octanol–water partition coefficient (Wildman–Crippen LogP) is 3.44. The Morgan fingerprint density at radius 2 is 1.88 bits per heavy atom. The first-order valence-electron chi connectivity index (χ1n) is 8.24. The van der Waals surface area contributed by atoms with Gasteiger partial charge >= 0.3 is 12.9 Å². The van der Waals surface area contributed by atoms with Crippen molar-refractivity contribution >= 4 is 30.0 Å². The Labute approximate surface area is 154 Å². The van der Waals surface area contributed by atoms with E-state index in [9.17, 15) is 0 Å². The van der Waals surface area contributed by atoms with E-state index in [1.54, 1.807) is 12.1 Å². The maximum atomic E-state index is 15.3. The molecule has 2 aliphatic rings. The largest absolute Gasteiger partial charge is 0.741 e. The number of allylic oxidation sites excluding steroid dienone is 1. The molecule has 1 aromatic carbocycles. The van der Waals surface area contributed by atoms with Gasteiger partial charge in [0.25, 0.3) is 0 Å². The molecule has 0 atom stereocenters. The van der Waals surface area contributed by atoms with Crippen molar-refractivity contribution in [2.75, 3.05) is 13.2 Å². The first kappa shape index (κ1) is 17.1. The van der Waals surface area contributed by atoms with Crippen LogP contribution in [-0.4, -0.2) is 40.2 Å². The maximum Gasteiger partial charge on any atom is 0.741 e. The summed E-state index contributed by atoms with van der Waals surface area (Å²) in [5.74, 6) is -0.000853. The van der Waals surface area contributed by atoms with Gasteiger partial charge in [-0.25, -0.2) is 0 Å². The van der Waals surface area contributed by atoms with Crippen LogP contribution < -0.4 is 0 Å². The fraction of sp³-hybridized carbons (Fsp3) is 0.167. The Morgan fingerprint density at radius 1 is 1.15 bits per heavy atom. The van der Waals surface area contributed by atoms with Gasteiger partial charge in [0.2, 0.25) is 0 Å². The van der Waals surface area contributed by atoms with Gasteiger partial charge in [0.05, 0.1) is 23.4 Å². The number of hydrogen-bond acceptors (Lipinski definition) is 2. The molecule has 0 aliphatic carbocycles. The van der Waals surface area contributed by atoms with Crippen molar-refractivity contribution in [3.05, 3.63) is 76.2 Å². The molecule has 0 bridgehead atoms. The Bertz CT molecular complexity index is 978. The number of halogens is 3. The predicted molar refractivity (Wildman–Crippen MR) is 97.5 cm³/mol. The lowest BCUT2D eigenvalue weighted by molar-refractivity contribution is -0.373. The van der Waals surface area contributed by atoms with Gasteiger partial charge in [-0.3, -0.25) is 4.49 Å². The number of aromatic nitrogens is 1. The molecule has 134 valence electrons. The molecule has 0 radical (unpaired) electrons. The molecule has 1 N–H and O–H groups in total. The first-order valence-corrected chi connectivity index (χ1v) is 8.62. The van der Waals surface area contributed by atoms with Crippen LogP contribution in [0.3, 0.4) is 0 Å². The van der Waals surface area contributed by atoms with Crippen molar-refractivity contribution in [2.24, 2.45) is 0 Å². The second-order valence-electron chi connectivity index (χ2n) is 6.24. The fourth-order valence-corrected chi connectivity index (χ4v) is 3.70. The van der Waals surface area contributed by atoms with Crippen LogP contribution in [0.25, 0.3) is 5.57 Å². The highest BCUT2D eigenvalue weighted by atomic mass is 35.5. The topological polar surface area (TPSA) is 37.4 Å². The number of benzene rings is 1. The van der Waals surface area contributed by atoms with Gasteiger partial charge in [0.1, 0.15) is 6.61 Å². The normalized spacial score (nSPS) is 17.6. The van der Waals surface area contributed by atoms with Crippen LogP contribution in [0.15, 0.2) is 54.2 Å². The summed E-state index contributed by atoms with van der Waals surface area (Å²) in [7, 11) is 0. The number of ether oxygens (including phenoxy) is 1. The molecule has 0 unspecified atom stereocenters. The van der Waals surface area contributed by atoms with Crippen molar-refractivity contribution in [1.29, 1.82) is 0 Å². The molecule has 2 aliphatic heterocycles. The van der Waals surface area contributed by atoms with Crippen molar-refractivity contribution < 1.29 is 23.0 Å². The minimum absolute atomic E-state index is 0.000853. The minimum atomic E-state index is -4.22. The maximum absolute atomic E-state index is 15.3. The van der Waals surface area contributed by atoms with Crippen LogP contribution in [0, 0.1) is 6.92 Å². The van der Waals surface area contributed by atoms with E-state index in [1.807, 2.05) is 31.2 Å². The van der Waals surface area contributed by atoms with Gasteiger partial charge in [0.15, 0.2) is 5.70 Å². The first-order chi connectivity index (χ1) is 12.4. The molecule has 0 spiro atoms. The van der Waals surface area contributed by atoms with Crippen LogP contribution in [0.5, 0.6) is 0 Å². The number of aryl methyl sites for hydroxylation is 1. The highest BCUT2D eigenvalue weighted by Gasteiger charge is 2.55. The summed E-state index contributed by atoms with van der Waals surface area (Å²) in [6.07, 6.45) is 3.11. The number of hydrogen-bond donors (Lipinski definition) is 1. The molecule has 2 aromatic rings. The van der Waals surface area contributed by atoms with E-state index in [0.717, 1.165) is 20.1 Å². The molecule has 4 rings (SSSR count). The zero-order valence-electron chi connectivity index (χ0n) is 14.0. The number of aliphatic hydroxyl groups excluding tert-OH is 1. The van der Waals surface area contributed by atoms with Gasteiger partial charge in [-0.15, -0.1) is 0 Å². The van der Waals surface area contributed by atoms with Crippen molar-refractivity contribution in [3.63, 3.8) is 0 Å². The highest BCUT2D eigenvalue weighted by molar-refractivity contribution is 6.59. The number of rotatable bonds is 3. The molecule has 0 fully saturated rings. The van der Waals surface area contributed by atoms with Gasteiger partial charge < -0.3 is 23.0 Å². The molecule has 3 heterocycles. The van der Waals surface area contributed by atoms with E-state index in [-0.39, 0.29) is 24.3 Å². The van der Waals surface area contributed by atoms with E-state index in [0.29, 0.717) is 17.0 Å². The van der Waals surface area contributed by atoms with E-state index >= 15 is 8.63 Å². The summed E-state index contributed by atoms with van der Waals surface area (Å²) in [5, 5.41) is 8.94. The molecule has 0 amide bonds. The number of nitrogens with zero attached hydrogens (tertiary/aromatic N) is 2. The Kier molecular flexibility index (Phi) is 4.01. The lowest BCUT2D eigenvalue weighted by Crippen LogP contribution is -2.51. The molecule has 1 aromatic heterocycles. The lowest BCUT2D eigenvalue weighted by atomic mass is 9.86. The van der Waals surface area contributed by atoms with Crippen molar-refractivity contribution in [3.8, 4) is 0 Å². The molecule has 8 heteroatoms. The Morgan fingerprint density at radius 3 is 2.58 bits per heavy atom. The average molecular weight is 377 g/mol.